The number of aryl methyl sites for hydroxylation is 1. The van der Waals surface area contributed by atoms with Gasteiger partial charge in [-0.15, -0.1) is 0 Å². The normalized spacial score (nSPS) is 12.8. The molecule has 0 aliphatic heterocycles. The summed E-state index contributed by atoms with van der Waals surface area (Å²) in [6.45, 7) is 8.83. The van der Waals surface area contributed by atoms with Gasteiger partial charge in [0, 0.05) is 5.56 Å². The number of nitrogens with zero attached hydrogens (tertiary/aromatic N) is 1. The quantitative estimate of drug-likeness (QED) is 0.652. The van der Waals surface area contributed by atoms with Crippen LogP contribution < -0.4 is 4.74 Å². The van der Waals surface area contributed by atoms with Crippen LogP contribution in [0.4, 0.5) is 0 Å². The van der Waals surface area contributed by atoms with E-state index < -0.39 is 0 Å². The maximum atomic E-state index is 9.47. The number of hydrogen-bond acceptors (Lipinski definition) is 3. The molecule has 1 atom stereocenters. The van der Waals surface area contributed by atoms with Gasteiger partial charge in [-0.25, -0.2) is 0 Å². The summed E-state index contributed by atoms with van der Waals surface area (Å²) >= 11 is 0. The van der Waals surface area contributed by atoms with E-state index in [2.05, 4.69) is 19.9 Å². The van der Waals surface area contributed by atoms with Crippen LogP contribution in [-0.2, 0) is 6.61 Å². The highest BCUT2D eigenvalue weighted by atomic mass is 16.5. The van der Waals surface area contributed by atoms with E-state index >= 15 is 0 Å². The molecule has 0 amide bonds. The topological polar surface area (TPSA) is 53.2 Å². The van der Waals surface area contributed by atoms with Gasteiger partial charge in [0.25, 0.3) is 0 Å². The van der Waals surface area contributed by atoms with E-state index in [1.165, 1.54) is 19.3 Å². The molecule has 0 fully saturated rings. The summed E-state index contributed by atoms with van der Waals surface area (Å²) in [6, 6.07) is 6.02. The molecule has 0 aliphatic rings. The molecule has 23 heavy (non-hydrogen) atoms. The first-order chi connectivity index (χ1) is 11.1. The fourth-order valence-corrected chi connectivity index (χ4v) is 2.61. The van der Waals surface area contributed by atoms with Gasteiger partial charge >= 0.3 is 0 Å². The number of benzene rings is 1. The number of rotatable bonds is 9. The summed E-state index contributed by atoms with van der Waals surface area (Å²) in [5.74, 6) is 1.28. The van der Waals surface area contributed by atoms with Crippen molar-refractivity contribution in [1.29, 1.82) is 5.26 Å². The standard InChI is InChI=1S/C20H29NO2/c1-5-8-9-16(6-2)14-23-20-10-15(4)18(13-22)11-19(20)17(7-3)12-21/h7,10-11,16,22H,5-6,8-9,13-14H2,1-4H3. The summed E-state index contributed by atoms with van der Waals surface area (Å²) in [5, 5.41) is 18.8. The van der Waals surface area contributed by atoms with E-state index in [1.54, 1.807) is 6.08 Å². The molecule has 3 nitrogen and oxygen atoms in total. The van der Waals surface area contributed by atoms with Crippen molar-refractivity contribution < 1.29 is 9.84 Å². The highest BCUT2D eigenvalue weighted by Gasteiger charge is 2.14. The van der Waals surface area contributed by atoms with Gasteiger partial charge in [0.2, 0.25) is 0 Å². The second-order valence-corrected chi connectivity index (χ2v) is 5.97. The Kier molecular flexibility index (Phi) is 8.43. The molecule has 1 N–H and O–H groups in total. The van der Waals surface area contributed by atoms with Gasteiger partial charge in [-0.3, -0.25) is 0 Å². The smallest absolute Gasteiger partial charge is 0.128 e. The van der Waals surface area contributed by atoms with Crippen molar-refractivity contribution in [2.45, 2.75) is 60.0 Å². The predicted octanol–water partition coefficient (Wildman–Crippen LogP) is 5.01. The monoisotopic (exact) mass is 315 g/mol. The van der Waals surface area contributed by atoms with E-state index in [9.17, 15) is 10.4 Å². The first-order valence-corrected chi connectivity index (χ1v) is 8.55. The second kappa shape index (κ2) is 10.1. The molecule has 0 aromatic heterocycles. The van der Waals surface area contributed by atoms with Gasteiger partial charge in [-0.1, -0.05) is 39.2 Å². The van der Waals surface area contributed by atoms with E-state index in [4.69, 9.17) is 4.74 Å². The van der Waals surface area contributed by atoms with Gasteiger partial charge in [0.1, 0.15) is 5.75 Å². The van der Waals surface area contributed by atoms with Crippen molar-refractivity contribution in [3.8, 4) is 11.8 Å². The molecule has 0 heterocycles. The van der Waals surface area contributed by atoms with E-state index in [0.29, 0.717) is 18.1 Å². The first-order valence-electron chi connectivity index (χ1n) is 8.55. The lowest BCUT2D eigenvalue weighted by Crippen LogP contribution is -2.12. The maximum absolute atomic E-state index is 9.47. The molecule has 0 radical (unpaired) electrons. The van der Waals surface area contributed by atoms with Crippen LogP contribution >= 0.6 is 0 Å². The third kappa shape index (κ3) is 5.41. The third-order valence-corrected chi connectivity index (χ3v) is 4.33. The van der Waals surface area contributed by atoms with Gasteiger partial charge in [0.15, 0.2) is 0 Å². The molecule has 1 unspecified atom stereocenters. The number of aliphatic hydroxyl groups excluding tert-OH is 1. The van der Waals surface area contributed by atoms with Crippen LogP contribution in [0.25, 0.3) is 5.57 Å². The minimum absolute atomic E-state index is 0.0321. The molecule has 1 rings (SSSR count). The highest BCUT2D eigenvalue weighted by Crippen LogP contribution is 2.30. The number of hydrogen-bond donors (Lipinski definition) is 1. The third-order valence-electron chi connectivity index (χ3n) is 4.33. The molecule has 0 saturated carbocycles. The maximum Gasteiger partial charge on any atom is 0.128 e. The Bertz CT molecular complexity index is 570. The molecular weight excluding hydrogens is 286 g/mol. The molecule has 0 bridgehead atoms. The van der Waals surface area contributed by atoms with E-state index in [1.807, 2.05) is 26.0 Å². The lowest BCUT2D eigenvalue weighted by Gasteiger charge is -2.19. The molecule has 1 aromatic rings. The lowest BCUT2D eigenvalue weighted by atomic mass is 9.98. The highest BCUT2D eigenvalue weighted by molar-refractivity contribution is 5.80. The van der Waals surface area contributed by atoms with Crippen LogP contribution in [0, 0.1) is 24.2 Å². The average molecular weight is 315 g/mol. The van der Waals surface area contributed by atoms with Gasteiger partial charge in [0.05, 0.1) is 24.9 Å². The van der Waals surface area contributed by atoms with Crippen molar-refractivity contribution in [3.05, 3.63) is 34.9 Å². The number of ether oxygens (including phenoxy) is 1. The average Bonchev–Trinajstić information content (AvgIpc) is 2.57. The molecule has 0 spiro atoms. The van der Waals surface area contributed by atoms with Crippen molar-refractivity contribution in [1.82, 2.24) is 0 Å². The fraction of sp³-hybridized carbons (Fsp3) is 0.550. The van der Waals surface area contributed by atoms with Crippen molar-refractivity contribution in [2.24, 2.45) is 5.92 Å². The van der Waals surface area contributed by atoms with Crippen LogP contribution in [0.1, 0.15) is 63.1 Å². The van der Waals surface area contributed by atoms with Gasteiger partial charge < -0.3 is 9.84 Å². The van der Waals surface area contributed by atoms with Crippen LogP contribution in [0.3, 0.4) is 0 Å². The number of aliphatic hydroxyl groups is 1. The van der Waals surface area contributed by atoms with Crippen molar-refractivity contribution in [2.75, 3.05) is 6.61 Å². The summed E-state index contributed by atoms with van der Waals surface area (Å²) < 4.78 is 6.08. The van der Waals surface area contributed by atoms with E-state index in [0.717, 1.165) is 28.9 Å². The van der Waals surface area contributed by atoms with Crippen LogP contribution in [0.2, 0.25) is 0 Å². The van der Waals surface area contributed by atoms with Crippen molar-refractivity contribution >= 4 is 5.57 Å². The molecule has 126 valence electrons. The largest absolute Gasteiger partial charge is 0.493 e. The van der Waals surface area contributed by atoms with E-state index in [-0.39, 0.29) is 6.61 Å². The number of nitriles is 1. The zero-order valence-electron chi connectivity index (χ0n) is 14.9. The van der Waals surface area contributed by atoms with Gasteiger partial charge in [-0.05, 0) is 49.4 Å². The lowest BCUT2D eigenvalue weighted by molar-refractivity contribution is 0.232. The SMILES string of the molecule is CC=C(C#N)c1cc(CO)c(C)cc1OCC(CC)CCCC. The summed E-state index contributed by atoms with van der Waals surface area (Å²) in [6.07, 6.45) is 6.47. The zero-order chi connectivity index (χ0) is 17.2. The first kappa shape index (κ1) is 19.3. The predicted molar refractivity (Wildman–Crippen MR) is 95.2 cm³/mol. The summed E-state index contributed by atoms with van der Waals surface area (Å²) in [4.78, 5) is 0. The number of allylic oxidation sites excluding steroid dienone is 2. The minimum Gasteiger partial charge on any atom is -0.493 e. The zero-order valence-corrected chi connectivity index (χ0v) is 14.9. The Morgan fingerprint density at radius 2 is 2.13 bits per heavy atom. The van der Waals surface area contributed by atoms with Crippen molar-refractivity contribution in [3.63, 3.8) is 0 Å². The summed E-state index contributed by atoms with van der Waals surface area (Å²) in [5.41, 5.74) is 3.17. The van der Waals surface area contributed by atoms with Gasteiger partial charge in [-0.2, -0.15) is 5.26 Å². The number of unbranched alkanes of at least 4 members (excludes halogenated alkanes) is 1. The Morgan fingerprint density at radius 1 is 1.39 bits per heavy atom. The second-order valence-electron chi connectivity index (χ2n) is 5.97. The molecule has 3 heteroatoms. The Labute approximate surface area is 140 Å². The Balaban J connectivity index is 3.04. The Hall–Kier alpha value is -1.79. The van der Waals surface area contributed by atoms with Crippen LogP contribution in [0.5, 0.6) is 5.75 Å². The van der Waals surface area contributed by atoms with Crippen LogP contribution in [-0.4, -0.2) is 11.7 Å². The molecule has 0 aliphatic carbocycles. The summed E-state index contributed by atoms with van der Waals surface area (Å²) in [7, 11) is 0. The molecule has 0 saturated heterocycles. The molecular formula is C20H29NO2. The Morgan fingerprint density at radius 3 is 2.65 bits per heavy atom. The fourth-order valence-electron chi connectivity index (χ4n) is 2.61. The molecule has 1 aromatic carbocycles. The van der Waals surface area contributed by atoms with Crippen LogP contribution in [0.15, 0.2) is 18.2 Å². The minimum atomic E-state index is -0.0321.